The van der Waals surface area contributed by atoms with E-state index in [2.05, 4.69) is 4.99 Å². The van der Waals surface area contributed by atoms with Gasteiger partial charge in [0.1, 0.15) is 0 Å². The minimum Gasteiger partial charge on any atom is -0.402 e. The molecule has 1 rings (SSSR count). The van der Waals surface area contributed by atoms with Gasteiger partial charge in [-0.25, -0.2) is 0 Å². The second-order valence-electron chi connectivity index (χ2n) is 3.61. The molecule has 1 fully saturated rings. The van der Waals surface area contributed by atoms with Gasteiger partial charge in [-0.3, -0.25) is 5.41 Å². The fraction of sp³-hybridized carbons (Fsp3) is 0.750. The Bertz CT molecular complexity index is 247. The SMILES string of the molecule is N=C(N=C(N)N)N1CCCCCC1.OB(O)O. The van der Waals surface area contributed by atoms with E-state index in [9.17, 15) is 0 Å². The van der Waals surface area contributed by atoms with E-state index in [4.69, 9.17) is 31.9 Å². The summed E-state index contributed by atoms with van der Waals surface area (Å²) in [6.45, 7) is 1.80. The highest BCUT2D eigenvalue weighted by Crippen LogP contribution is 2.09. The summed E-state index contributed by atoms with van der Waals surface area (Å²) < 4.78 is 0. The Morgan fingerprint density at radius 1 is 1.06 bits per heavy atom. The van der Waals surface area contributed by atoms with Crippen LogP contribution in [-0.4, -0.2) is 52.3 Å². The Morgan fingerprint density at radius 3 is 1.82 bits per heavy atom. The van der Waals surface area contributed by atoms with Crippen LogP contribution in [0.4, 0.5) is 0 Å². The number of nitrogens with one attached hydrogen (secondary N) is 1. The second kappa shape index (κ2) is 8.79. The number of likely N-dealkylation sites (tertiary alicyclic amines) is 1. The summed E-state index contributed by atoms with van der Waals surface area (Å²) >= 11 is 0. The molecule has 98 valence electrons. The Hall–Kier alpha value is -1.32. The number of guanidine groups is 2. The van der Waals surface area contributed by atoms with E-state index in [0.717, 1.165) is 25.9 Å². The molecule has 0 aromatic carbocycles. The predicted molar refractivity (Wildman–Crippen MR) is 66.0 cm³/mol. The lowest BCUT2D eigenvalue weighted by atomic mass is 10.2. The van der Waals surface area contributed by atoms with Crippen molar-refractivity contribution in [2.45, 2.75) is 25.7 Å². The van der Waals surface area contributed by atoms with Crippen LogP contribution in [0.5, 0.6) is 0 Å². The highest BCUT2D eigenvalue weighted by molar-refractivity contribution is 6.30. The lowest BCUT2D eigenvalue weighted by molar-refractivity contribution is 0.278. The summed E-state index contributed by atoms with van der Waals surface area (Å²) in [6.07, 6.45) is 4.74. The summed E-state index contributed by atoms with van der Waals surface area (Å²) in [7, 11) is -2.17. The summed E-state index contributed by atoms with van der Waals surface area (Å²) in [6, 6.07) is 0. The molecule has 0 unspecified atom stereocenters. The Morgan fingerprint density at radius 2 is 1.47 bits per heavy atom. The molecule has 0 atom stereocenters. The van der Waals surface area contributed by atoms with Crippen LogP contribution in [0.25, 0.3) is 0 Å². The zero-order valence-electron chi connectivity index (χ0n) is 9.71. The highest BCUT2D eigenvalue weighted by atomic mass is 16.5. The maximum atomic E-state index is 7.59. The minimum absolute atomic E-state index is 0.0331. The fourth-order valence-electron chi connectivity index (χ4n) is 1.48. The molecule has 0 aromatic heterocycles. The minimum atomic E-state index is -2.17. The van der Waals surface area contributed by atoms with Crippen molar-refractivity contribution in [3.63, 3.8) is 0 Å². The van der Waals surface area contributed by atoms with Gasteiger partial charge in [-0.05, 0) is 12.8 Å². The van der Waals surface area contributed by atoms with Gasteiger partial charge in [0.05, 0.1) is 0 Å². The van der Waals surface area contributed by atoms with Crippen LogP contribution in [0.3, 0.4) is 0 Å². The molecule has 8 nitrogen and oxygen atoms in total. The molecule has 0 amide bonds. The van der Waals surface area contributed by atoms with Crippen LogP contribution in [0.1, 0.15) is 25.7 Å². The number of nitrogens with two attached hydrogens (primary N) is 2. The fourth-order valence-corrected chi connectivity index (χ4v) is 1.48. The number of hydrogen-bond donors (Lipinski definition) is 6. The summed E-state index contributed by atoms with van der Waals surface area (Å²) in [5.41, 5.74) is 10.4. The normalized spacial score (nSPS) is 15.1. The molecule has 9 heteroatoms. The van der Waals surface area contributed by atoms with Gasteiger partial charge in [-0.1, -0.05) is 12.8 Å². The molecule has 1 aliphatic heterocycles. The molecule has 17 heavy (non-hydrogen) atoms. The van der Waals surface area contributed by atoms with Crippen molar-refractivity contribution in [3.8, 4) is 0 Å². The molecular weight excluding hydrogens is 225 g/mol. The van der Waals surface area contributed by atoms with E-state index in [0.29, 0.717) is 0 Å². The van der Waals surface area contributed by atoms with Gasteiger partial charge in [0, 0.05) is 13.1 Å². The number of nitrogens with zero attached hydrogens (tertiary/aromatic N) is 2. The zero-order valence-corrected chi connectivity index (χ0v) is 9.71. The largest absolute Gasteiger partial charge is 0.631 e. The first-order valence-electron chi connectivity index (χ1n) is 5.41. The first-order valence-corrected chi connectivity index (χ1v) is 5.41. The maximum Gasteiger partial charge on any atom is 0.631 e. The van der Waals surface area contributed by atoms with Crippen molar-refractivity contribution < 1.29 is 15.1 Å². The molecule has 8 N–H and O–H groups in total. The van der Waals surface area contributed by atoms with Crippen molar-refractivity contribution >= 4 is 19.2 Å². The second-order valence-corrected chi connectivity index (χ2v) is 3.61. The average Bonchev–Trinajstić information content (AvgIpc) is 2.43. The monoisotopic (exact) mass is 245 g/mol. The van der Waals surface area contributed by atoms with E-state index in [1.165, 1.54) is 12.8 Å². The van der Waals surface area contributed by atoms with Gasteiger partial charge in [0.2, 0.25) is 5.96 Å². The molecule has 1 saturated heterocycles. The van der Waals surface area contributed by atoms with Crippen LogP contribution in [-0.2, 0) is 0 Å². The number of aliphatic imine (C=N–C) groups is 1. The number of rotatable bonds is 0. The molecule has 0 bridgehead atoms. The van der Waals surface area contributed by atoms with Crippen molar-refractivity contribution in [2.24, 2.45) is 16.5 Å². The van der Waals surface area contributed by atoms with Crippen molar-refractivity contribution in [1.82, 2.24) is 4.90 Å². The molecular formula is C8H20BN5O3. The molecule has 0 spiro atoms. The van der Waals surface area contributed by atoms with Crippen LogP contribution < -0.4 is 11.5 Å². The summed E-state index contributed by atoms with van der Waals surface area (Å²) in [5.74, 6) is 0.163. The van der Waals surface area contributed by atoms with Gasteiger partial charge in [0.15, 0.2) is 5.96 Å². The topological polar surface area (TPSA) is 152 Å². The van der Waals surface area contributed by atoms with E-state index < -0.39 is 7.32 Å². The molecule has 1 heterocycles. The third kappa shape index (κ3) is 9.60. The Kier molecular flexibility index (Phi) is 8.11. The third-order valence-electron chi connectivity index (χ3n) is 2.14. The summed E-state index contributed by atoms with van der Waals surface area (Å²) in [4.78, 5) is 5.65. The van der Waals surface area contributed by atoms with Crippen LogP contribution >= 0.6 is 0 Å². The molecule has 0 aromatic rings. The van der Waals surface area contributed by atoms with E-state index in [1.807, 2.05) is 4.90 Å². The van der Waals surface area contributed by atoms with Crippen molar-refractivity contribution in [1.29, 1.82) is 5.41 Å². The third-order valence-corrected chi connectivity index (χ3v) is 2.14. The van der Waals surface area contributed by atoms with E-state index in [1.54, 1.807) is 0 Å². The first-order chi connectivity index (χ1) is 7.93. The van der Waals surface area contributed by atoms with E-state index >= 15 is 0 Å². The molecule has 0 saturated carbocycles. The van der Waals surface area contributed by atoms with Gasteiger partial charge < -0.3 is 31.4 Å². The van der Waals surface area contributed by atoms with Gasteiger partial charge in [-0.15, -0.1) is 0 Å². The summed E-state index contributed by atoms with van der Waals surface area (Å²) in [5, 5.41) is 29.1. The van der Waals surface area contributed by atoms with Gasteiger partial charge >= 0.3 is 7.32 Å². The number of hydrogen-bond acceptors (Lipinski definition) is 4. The van der Waals surface area contributed by atoms with E-state index in [-0.39, 0.29) is 11.9 Å². The van der Waals surface area contributed by atoms with Crippen LogP contribution in [0.15, 0.2) is 4.99 Å². The maximum absolute atomic E-state index is 7.59. The van der Waals surface area contributed by atoms with Gasteiger partial charge in [-0.2, -0.15) is 4.99 Å². The quantitative estimate of drug-likeness (QED) is 0.165. The molecule has 0 radical (unpaired) electrons. The zero-order chi connectivity index (χ0) is 13.3. The van der Waals surface area contributed by atoms with Crippen molar-refractivity contribution in [2.75, 3.05) is 13.1 Å². The average molecular weight is 245 g/mol. The van der Waals surface area contributed by atoms with Crippen LogP contribution in [0, 0.1) is 5.41 Å². The van der Waals surface area contributed by atoms with Gasteiger partial charge in [0.25, 0.3) is 0 Å². The molecule has 0 aliphatic carbocycles. The standard InChI is InChI=1S/C8H17N5.BH3O3/c9-7(10)12-8(11)13-5-3-1-2-4-6-13;2-1(3)4/h1-6H2,(H5,9,10,11,12);2-4H. The Balaban J connectivity index is 0.000000557. The molecule has 1 aliphatic rings. The van der Waals surface area contributed by atoms with Crippen molar-refractivity contribution in [3.05, 3.63) is 0 Å². The smallest absolute Gasteiger partial charge is 0.402 e. The highest BCUT2D eigenvalue weighted by Gasteiger charge is 2.11. The predicted octanol–water partition coefficient (Wildman–Crippen LogP) is -1.98. The lowest BCUT2D eigenvalue weighted by Crippen LogP contribution is -2.33. The first kappa shape index (κ1) is 15.7. The van der Waals surface area contributed by atoms with Crippen LogP contribution in [0.2, 0.25) is 0 Å². The Labute approximate surface area is 101 Å². The lowest BCUT2D eigenvalue weighted by Gasteiger charge is -2.19.